The van der Waals surface area contributed by atoms with Gasteiger partial charge in [-0.05, 0) is 49.9 Å². The van der Waals surface area contributed by atoms with Crippen LogP contribution in [0.3, 0.4) is 0 Å². The third-order valence-corrected chi connectivity index (χ3v) is 7.20. The summed E-state index contributed by atoms with van der Waals surface area (Å²) in [6.07, 6.45) is 4.56. The predicted octanol–water partition coefficient (Wildman–Crippen LogP) is 3.93. The minimum absolute atomic E-state index is 0.0478. The summed E-state index contributed by atoms with van der Waals surface area (Å²) in [6, 6.07) is 14.4. The highest BCUT2D eigenvalue weighted by Gasteiger charge is 2.22. The number of fused-ring (bicyclic) bond motifs is 1. The van der Waals surface area contributed by atoms with Crippen molar-refractivity contribution in [2.75, 3.05) is 6.54 Å². The Bertz CT molecular complexity index is 1140. The van der Waals surface area contributed by atoms with E-state index in [0.717, 1.165) is 42.2 Å². The van der Waals surface area contributed by atoms with E-state index in [9.17, 15) is 13.2 Å². The Balaban J connectivity index is 1.33. The number of hydrogen-bond acceptors (Lipinski definition) is 4. The van der Waals surface area contributed by atoms with Gasteiger partial charge in [0.15, 0.2) is 5.76 Å². The molecule has 0 aliphatic heterocycles. The van der Waals surface area contributed by atoms with Gasteiger partial charge in [0.1, 0.15) is 5.58 Å². The number of nitrogens with one attached hydrogen (secondary N) is 2. The Labute approximate surface area is 176 Å². The fraction of sp³-hybridized carbons (Fsp3) is 0.348. The quantitative estimate of drug-likeness (QED) is 0.599. The molecule has 1 aromatic heterocycles. The summed E-state index contributed by atoms with van der Waals surface area (Å²) in [7, 11) is -3.48. The molecule has 4 rings (SSSR count). The van der Waals surface area contributed by atoms with Crippen LogP contribution in [0.4, 0.5) is 0 Å². The fourth-order valence-corrected chi connectivity index (χ4v) is 5.26. The third kappa shape index (κ3) is 4.42. The normalized spacial score (nSPS) is 15.0. The van der Waals surface area contributed by atoms with Crippen LogP contribution in [0.25, 0.3) is 11.0 Å². The van der Waals surface area contributed by atoms with Gasteiger partial charge in [0, 0.05) is 23.5 Å². The van der Waals surface area contributed by atoms with Crippen LogP contribution in [-0.4, -0.2) is 26.9 Å². The molecule has 30 heavy (non-hydrogen) atoms. The van der Waals surface area contributed by atoms with Crippen LogP contribution >= 0.6 is 0 Å². The van der Waals surface area contributed by atoms with Crippen LogP contribution in [0.2, 0.25) is 0 Å². The third-order valence-electron chi connectivity index (χ3n) is 5.66. The van der Waals surface area contributed by atoms with Crippen LogP contribution in [0.5, 0.6) is 0 Å². The molecule has 0 spiro atoms. The highest BCUT2D eigenvalue weighted by Crippen LogP contribution is 2.25. The van der Waals surface area contributed by atoms with E-state index >= 15 is 0 Å². The van der Waals surface area contributed by atoms with Gasteiger partial charge in [-0.2, -0.15) is 0 Å². The highest BCUT2D eigenvalue weighted by molar-refractivity contribution is 7.89. The van der Waals surface area contributed by atoms with Gasteiger partial charge >= 0.3 is 0 Å². The molecule has 1 fully saturated rings. The molecule has 1 heterocycles. The summed E-state index contributed by atoms with van der Waals surface area (Å²) in [5, 5.41) is 3.81. The van der Waals surface area contributed by atoms with Gasteiger partial charge in [-0.15, -0.1) is 0 Å². The molecule has 0 radical (unpaired) electrons. The number of carbonyl (C=O) groups is 1. The first kappa shape index (κ1) is 20.6. The Morgan fingerprint density at radius 1 is 1.07 bits per heavy atom. The highest BCUT2D eigenvalue weighted by atomic mass is 32.2. The molecule has 1 aliphatic carbocycles. The van der Waals surface area contributed by atoms with Gasteiger partial charge in [-0.1, -0.05) is 43.2 Å². The summed E-state index contributed by atoms with van der Waals surface area (Å²) in [4.78, 5) is 12.8. The first-order valence-corrected chi connectivity index (χ1v) is 11.8. The Hall–Kier alpha value is -2.64. The van der Waals surface area contributed by atoms with Crippen molar-refractivity contribution in [3.05, 3.63) is 65.4 Å². The molecule has 158 valence electrons. The maximum absolute atomic E-state index is 12.5. The lowest BCUT2D eigenvalue weighted by molar-refractivity contribution is 0.0927. The summed E-state index contributed by atoms with van der Waals surface area (Å²) in [5.74, 6) is 0.0827. The average Bonchev–Trinajstić information content (AvgIpc) is 3.36. The minimum atomic E-state index is -3.48. The molecule has 1 amide bonds. The van der Waals surface area contributed by atoms with E-state index in [0.29, 0.717) is 24.3 Å². The first-order chi connectivity index (χ1) is 14.4. The van der Waals surface area contributed by atoms with Crippen molar-refractivity contribution in [2.24, 2.45) is 0 Å². The zero-order valence-electron chi connectivity index (χ0n) is 17.0. The smallest absolute Gasteiger partial charge is 0.287 e. The first-order valence-electron chi connectivity index (χ1n) is 10.3. The number of amides is 1. The molecular formula is C23H26N2O4S. The largest absolute Gasteiger partial charge is 0.451 e. The lowest BCUT2D eigenvalue weighted by Gasteiger charge is -2.13. The zero-order valence-corrected chi connectivity index (χ0v) is 17.8. The van der Waals surface area contributed by atoms with Crippen molar-refractivity contribution in [2.45, 2.75) is 50.0 Å². The zero-order chi connectivity index (χ0) is 21.1. The summed E-state index contributed by atoms with van der Waals surface area (Å²) >= 11 is 0. The number of hydrogen-bond donors (Lipinski definition) is 2. The average molecular weight is 427 g/mol. The van der Waals surface area contributed by atoms with E-state index in [1.165, 1.54) is 0 Å². The SMILES string of the molecule is Cc1c(C(=O)NCCc2ccc(S(=O)(=O)NC3CCCC3)cc2)oc2ccccc12. The van der Waals surface area contributed by atoms with Crippen LogP contribution in [0, 0.1) is 6.92 Å². The summed E-state index contributed by atoms with van der Waals surface area (Å²) in [5.41, 5.74) is 2.48. The van der Waals surface area contributed by atoms with Crippen molar-refractivity contribution in [1.29, 1.82) is 0 Å². The molecule has 0 unspecified atom stereocenters. The Kier molecular flexibility index (Phi) is 5.92. The van der Waals surface area contributed by atoms with E-state index in [-0.39, 0.29) is 16.8 Å². The molecule has 1 saturated carbocycles. The number of para-hydroxylation sites is 1. The molecule has 3 aromatic rings. The van der Waals surface area contributed by atoms with E-state index < -0.39 is 10.0 Å². The monoisotopic (exact) mass is 426 g/mol. The standard InChI is InChI=1S/C23H26N2O4S/c1-16-20-8-4-5-9-21(20)29-22(16)23(26)24-15-14-17-10-12-19(13-11-17)30(27,28)25-18-6-2-3-7-18/h4-5,8-13,18,25H,2-3,6-7,14-15H2,1H3,(H,24,26). The van der Waals surface area contributed by atoms with E-state index in [2.05, 4.69) is 10.0 Å². The summed E-state index contributed by atoms with van der Waals surface area (Å²) in [6.45, 7) is 2.31. The molecule has 0 bridgehead atoms. The van der Waals surface area contributed by atoms with Crippen LogP contribution in [0.1, 0.15) is 47.4 Å². The second kappa shape index (κ2) is 8.62. The van der Waals surface area contributed by atoms with Gasteiger partial charge < -0.3 is 9.73 Å². The van der Waals surface area contributed by atoms with Gasteiger partial charge in [0.05, 0.1) is 4.90 Å². The number of sulfonamides is 1. The van der Waals surface area contributed by atoms with Gasteiger partial charge in [-0.25, -0.2) is 13.1 Å². The second-order valence-electron chi connectivity index (χ2n) is 7.80. The van der Waals surface area contributed by atoms with E-state index in [1.807, 2.05) is 31.2 Å². The minimum Gasteiger partial charge on any atom is -0.451 e. The van der Waals surface area contributed by atoms with Gasteiger partial charge in [0.2, 0.25) is 10.0 Å². The van der Waals surface area contributed by atoms with Crippen molar-refractivity contribution in [3.63, 3.8) is 0 Å². The number of aryl methyl sites for hydroxylation is 1. The molecular weight excluding hydrogens is 400 g/mol. The maximum Gasteiger partial charge on any atom is 0.287 e. The molecule has 6 nitrogen and oxygen atoms in total. The number of benzene rings is 2. The fourth-order valence-electron chi connectivity index (χ4n) is 3.96. The van der Waals surface area contributed by atoms with Crippen LogP contribution in [0.15, 0.2) is 57.8 Å². The van der Waals surface area contributed by atoms with Crippen LogP contribution in [-0.2, 0) is 16.4 Å². The Morgan fingerprint density at radius 3 is 2.47 bits per heavy atom. The molecule has 0 saturated heterocycles. The predicted molar refractivity (Wildman–Crippen MR) is 116 cm³/mol. The topological polar surface area (TPSA) is 88.4 Å². The Morgan fingerprint density at radius 2 is 1.77 bits per heavy atom. The lowest BCUT2D eigenvalue weighted by atomic mass is 10.1. The van der Waals surface area contributed by atoms with Crippen molar-refractivity contribution < 1.29 is 17.6 Å². The summed E-state index contributed by atoms with van der Waals surface area (Å²) < 4.78 is 33.4. The molecule has 2 N–H and O–H groups in total. The number of rotatable bonds is 7. The van der Waals surface area contributed by atoms with E-state index in [4.69, 9.17) is 4.42 Å². The second-order valence-corrected chi connectivity index (χ2v) is 9.52. The van der Waals surface area contributed by atoms with Crippen molar-refractivity contribution >= 4 is 26.9 Å². The maximum atomic E-state index is 12.5. The van der Waals surface area contributed by atoms with Crippen molar-refractivity contribution in [3.8, 4) is 0 Å². The molecule has 2 aromatic carbocycles. The number of furan rings is 1. The lowest BCUT2D eigenvalue weighted by Crippen LogP contribution is -2.32. The molecule has 7 heteroatoms. The molecule has 1 aliphatic rings. The van der Waals surface area contributed by atoms with Crippen LogP contribution < -0.4 is 10.0 Å². The van der Waals surface area contributed by atoms with Crippen molar-refractivity contribution in [1.82, 2.24) is 10.0 Å². The van der Waals surface area contributed by atoms with E-state index in [1.54, 1.807) is 24.3 Å². The van der Waals surface area contributed by atoms with Gasteiger partial charge in [-0.3, -0.25) is 4.79 Å². The molecule has 0 atom stereocenters. The number of carbonyl (C=O) groups excluding carboxylic acids is 1. The van der Waals surface area contributed by atoms with Gasteiger partial charge in [0.25, 0.3) is 5.91 Å².